The number of β-amino-alcohol motifs (C(OH)–C–C–N with tert-alkyl or cyclic N) is 1. The molecule has 1 aliphatic rings. The van der Waals surface area contributed by atoms with Crippen molar-refractivity contribution in [1.29, 1.82) is 0 Å². The van der Waals surface area contributed by atoms with Crippen LogP contribution in [-0.4, -0.2) is 51.5 Å². The molecule has 0 saturated carbocycles. The lowest BCUT2D eigenvalue weighted by Crippen LogP contribution is -2.52. The molecule has 1 fully saturated rings. The minimum Gasteiger partial charge on any atom is -0.391 e. The van der Waals surface area contributed by atoms with Gasteiger partial charge in [0.1, 0.15) is 6.04 Å². The van der Waals surface area contributed by atoms with Crippen molar-refractivity contribution in [3.05, 3.63) is 41.5 Å². The highest BCUT2D eigenvalue weighted by Gasteiger charge is 2.40. The van der Waals surface area contributed by atoms with Gasteiger partial charge in [0.05, 0.1) is 22.5 Å². The molecule has 0 bridgehead atoms. The Morgan fingerprint density at radius 1 is 1.34 bits per heavy atom. The summed E-state index contributed by atoms with van der Waals surface area (Å²) in [5.41, 5.74) is 9.78. The normalized spacial score (nSPS) is 19.7. The van der Waals surface area contributed by atoms with E-state index in [0.717, 1.165) is 16.0 Å². The van der Waals surface area contributed by atoms with E-state index in [1.54, 1.807) is 16.8 Å². The number of amides is 2. The maximum Gasteiger partial charge on any atom is 0.243 e. The molecule has 1 aromatic heterocycles. The average Bonchev–Trinajstić information content (AvgIpc) is 3.35. The van der Waals surface area contributed by atoms with Crippen LogP contribution in [0.5, 0.6) is 0 Å². The standard InChI is InChI=1S/C20H26N4O3S.ClH/c1-12(2)18(21)20(27)24-10-15(25)7-16(24)19(26)23-8-13-3-5-14(6-4-13)17-9-22-11-28-17;/h3-6,9,11-12,15-16,18,25H,7-8,10,21H2,1-2H3,(H,23,26);1H/t15-,16+,18+;/m1./s1. The van der Waals surface area contributed by atoms with Crippen LogP contribution in [0.15, 0.2) is 36.0 Å². The van der Waals surface area contributed by atoms with Crippen molar-refractivity contribution in [3.8, 4) is 10.4 Å². The molecular weight excluding hydrogens is 412 g/mol. The van der Waals surface area contributed by atoms with Crippen LogP contribution in [0.4, 0.5) is 0 Å². The van der Waals surface area contributed by atoms with Gasteiger partial charge in [0.15, 0.2) is 0 Å². The van der Waals surface area contributed by atoms with Gasteiger partial charge < -0.3 is 21.1 Å². The quantitative estimate of drug-likeness (QED) is 0.637. The van der Waals surface area contributed by atoms with E-state index >= 15 is 0 Å². The van der Waals surface area contributed by atoms with E-state index in [1.807, 2.05) is 44.3 Å². The number of carbonyl (C=O) groups excluding carboxylic acids is 2. The van der Waals surface area contributed by atoms with Gasteiger partial charge in [0.2, 0.25) is 11.8 Å². The molecule has 0 radical (unpaired) electrons. The van der Waals surface area contributed by atoms with Gasteiger partial charge in [-0.25, -0.2) is 0 Å². The smallest absolute Gasteiger partial charge is 0.243 e. The molecule has 4 N–H and O–H groups in total. The maximum atomic E-state index is 12.7. The number of rotatable bonds is 6. The molecule has 158 valence electrons. The van der Waals surface area contributed by atoms with E-state index in [9.17, 15) is 14.7 Å². The molecule has 3 rings (SSSR count). The van der Waals surface area contributed by atoms with Crippen LogP contribution in [0.25, 0.3) is 10.4 Å². The number of likely N-dealkylation sites (tertiary alicyclic amines) is 1. The van der Waals surface area contributed by atoms with Gasteiger partial charge in [-0.3, -0.25) is 14.6 Å². The number of hydrogen-bond acceptors (Lipinski definition) is 6. The van der Waals surface area contributed by atoms with Gasteiger partial charge in [0, 0.05) is 25.7 Å². The molecule has 0 spiro atoms. The summed E-state index contributed by atoms with van der Waals surface area (Å²) in [4.78, 5) is 31.8. The van der Waals surface area contributed by atoms with Gasteiger partial charge in [-0.15, -0.1) is 23.7 Å². The Kier molecular flexibility index (Phi) is 8.15. The average molecular weight is 439 g/mol. The Labute approximate surface area is 180 Å². The van der Waals surface area contributed by atoms with E-state index < -0.39 is 18.2 Å². The minimum absolute atomic E-state index is 0. The van der Waals surface area contributed by atoms with E-state index in [4.69, 9.17) is 5.73 Å². The zero-order chi connectivity index (χ0) is 20.3. The van der Waals surface area contributed by atoms with Gasteiger partial charge in [0.25, 0.3) is 0 Å². The number of hydrogen-bond donors (Lipinski definition) is 3. The number of nitrogens with one attached hydrogen (secondary N) is 1. The lowest BCUT2D eigenvalue weighted by Gasteiger charge is -2.27. The van der Waals surface area contributed by atoms with Crippen molar-refractivity contribution >= 4 is 35.6 Å². The number of thiazole rings is 1. The van der Waals surface area contributed by atoms with Gasteiger partial charge in [-0.1, -0.05) is 38.1 Å². The van der Waals surface area contributed by atoms with Gasteiger partial charge in [-0.05, 0) is 17.0 Å². The fraction of sp³-hybridized carbons (Fsp3) is 0.450. The van der Waals surface area contributed by atoms with E-state index in [0.29, 0.717) is 6.54 Å². The Morgan fingerprint density at radius 3 is 2.62 bits per heavy atom. The molecule has 3 atom stereocenters. The second-order valence-electron chi connectivity index (χ2n) is 7.45. The molecule has 7 nitrogen and oxygen atoms in total. The van der Waals surface area contributed by atoms with E-state index in [2.05, 4.69) is 10.3 Å². The Balaban J connectivity index is 0.00000300. The van der Waals surface area contributed by atoms with Crippen molar-refractivity contribution in [2.24, 2.45) is 11.7 Å². The van der Waals surface area contributed by atoms with Crippen molar-refractivity contribution in [1.82, 2.24) is 15.2 Å². The van der Waals surface area contributed by atoms with Crippen LogP contribution in [0.1, 0.15) is 25.8 Å². The summed E-state index contributed by atoms with van der Waals surface area (Å²) in [5.74, 6) is -0.598. The molecule has 2 heterocycles. The monoisotopic (exact) mass is 438 g/mol. The summed E-state index contributed by atoms with van der Waals surface area (Å²) < 4.78 is 0. The van der Waals surface area contributed by atoms with Gasteiger partial charge >= 0.3 is 0 Å². The molecule has 1 aliphatic heterocycles. The summed E-state index contributed by atoms with van der Waals surface area (Å²) in [6.45, 7) is 4.22. The topological polar surface area (TPSA) is 109 Å². The molecule has 2 amide bonds. The number of benzene rings is 1. The third-order valence-corrected chi connectivity index (χ3v) is 5.83. The van der Waals surface area contributed by atoms with Gasteiger partial charge in [-0.2, -0.15) is 0 Å². The maximum absolute atomic E-state index is 12.7. The highest BCUT2D eigenvalue weighted by molar-refractivity contribution is 7.13. The van der Waals surface area contributed by atoms with Crippen molar-refractivity contribution in [3.63, 3.8) is 0 Å². The number of nitrogens with zero attached hydrogens (tertiary/aromatic N) is 2. The number of nitrogens with two attached hydrogens (primary N) is 1. The Hall–Kier alpha value is -2.00. The molecule has 1 aromatic carbocycles. The highest BCUT2D eigenvalue weighted by atomic mass is 35.5. The van der Waals surface area contributed by atoms with Crippen LogP contribution >= 0.6 is 23.7 Å². The second-order valence-corrected chi connectivity index (χ2v) is 8.33. The zero-order valence-electron chi connectivity index (χ0n) is 16.4. The summed E-state index contributed by atoms with van der Waals surface area (Å²) in [5, 5.41) is 12.8. The molecule has 0 aliphatic carbocycles. The lowest BCUT2D eigenvalue weighted by molar-refractivity contribution is -0.140. The van der Waals surface area contributed by atoms with Crippen molar-refractivity contribution < 1.29 is 14.7 Å². The number of aromatic nitrogens is 1. The molecule has 2 aromatic rings. The minimum atomic E-state index is -0.710. The number of aliphatic hydroxyl groups is 1. The number of halogens is 1. The first-order valence-corrected chi connectivity index (χ1v) is 10.2. The van der Waals surface area contributed by atoms with Crippen LogP contribution in [0, 0.1) is 5.92 Å². The first-order valence-electron chi connectivity index (χ1n) is 9.36. The Morgan fingerprint density at radius 2 is 2.03 bits per heavy atom. The van der Waals surface area contributed by atoms with Crippen molar-refractivity contribution in [2.45, 2.75) is 45.0 Å². The van der Waals surface area contributed by atoms with Crippen LogP contribution in [0.2, 0.25) is 0 Å². The van der Waals surface area contributed by atoms with Crippen LogP contribution in [0.3, 0.4) is 0 Å². The fourth-order valence-electron chi connectivity index (χ4n) is 3.23. The van der Waals surface area contributed by atoms with E-state index in [-0.39, 0.29) is 43.1 Å². The largest absolute Gasteiger partial charge is 0.391 e. The van der Waals surface area contributed by atoms with Crippen LogP contribution in [-0.2, 0) is 16.1 Å². The van der Waals surface area contributed by atoms with Crippen LogP contribution < -0.4 is 11.1 Å². The summed E-state index contributed by atoms with van der Waals surface area (Å²) in [7, 11) is 0. The predicted molar refractivity (Wildman–Crippen MR) is 116 cm³/mol. The van der Waals surface area contributed by atoms with E-state index in [1.165, 1.54) is 4.90 Å². The number of aliphatic hydroxyl groups excluding tert-OH is 1. The fourth-order valence-corrected chi connectivity index (χ4v) is 3.86. The third kappa shape index (κ3) is 5.54. The predicted octanol–water partition coefficient (Wildman–Crippen LogP) is 1.79. The molecule has 29 heavy (non-hydrogen) atoms. The first-order chi connectivity index (χ1) is 13.4. The first kappa shape index (κ1) is 23.3. The molecule has 9 heteroatoms. The SMILES string of the molecule is CC(C)[C@H](N)C(=O)N1C[C@H](O)C[C@H]1C(=O)NCc1ccc(-c2cncs2)cc1.Cl. The third-order valence-electron chi connectivity index (χ3n) is 5.01. The summed E-state index contributed by atoms with van der Waals surface area (Å²) >= 11 is 1.57. The summed E-state index contributed by atoms with van der Waals surface area (Å²) in [6, 6.07) is 6.52. The lowest BCUT2D eigenvalue weighted by atomic mass is 10.0. The number of carbonyl (C=O) groups is 2. The molecule has 1 saturated heterocycles. The highest BCUT2D eigenvalue weighted by Crippen LogP contribution is 2.24. The Bertz CT molecular complexity index is 814. The molecular formula is C20H27ClN4O3S. The molecule has 0 unspecified atom stereocenters. The second kappa shape index (κ2) is 10.2. The summed E-state index contributed by atoms with van der Waals surface area (Å²) in [6.07, 6.45) is 1.34. The zero-order valence-corrected chi connectivity index (χ0v) is 18.1. The van der Waals surface area contributed by atoms with Crippen molar-refractivity contribution in [2.75, 3.05) is 6.54 Å².